The lowest BCUT2D eigenvalue weighted by molar-refractivity contribution is -0.314. The molecule has 7 nitrogen and oxygen atoms in total. The quantitative estimate of drug-likeness (QED) is 0.407. The van der Waals surface area contributed by atoms with E-state index in [0.717, 1.165) is 11.1 Å². The molecule has 1 heterocycles. The highest BCUT2D eigenvalue weighted by Crippen LogP contribution is 2.32. The van der Waals surface area contributed by atoms with E-state index in [4.69, 9.17) is 37.2 Å². The molecule has 0 spiro atoms. The SMILES string of the molecule is COc1ccc2c(c1)C(c1ccc(Cl)cc1)=N[C@@H](CC(=O)OC(C)(C)C)C(=N)[N+]2=C(C)N. The number of carbonyl (C=O) groups excluding carboxylic acids is 1. The highest BCUT2D eigenvalue weighted by Gasteiger charge is 2.34. The van der Waals surface area contributed by atoms with Gasteiger partial charge in [0.2, 0.25) is 0 Å². The highest BCUT2D eigenvalue weighted by molar-refractivity contribution is 6.30. The van der Waals surface area contributed by atoms with Crippen molar-refractivity contribution in [3.05, 3.63) is 58.6 Å². The maximum absolute atomic E-state index is 12.6. The van der Waals surface area contributed by atoms with Crippen LogP contribution in [0.25, 0.3) is 0 Å². The first-order chi connectivity index (χ1) is 15.0. The third kappa shape index (κ3) is 5.16. The molecule has 1 aliphatic rings. The van der Waals surface area contributed by atoms with Crippen LogP contribution in [-0.2, 0) is 9.53 Å². The van der Waals surface area contributed by atoms with E-state index in [1.54, 1.807) is 57.6 Å². The van der Waals surface area contributed by atoms with Gasteiger partial charge in [-0.3, -0.25) is 9.79 Å². The van der Waals surface area contributed by atoms with E-state index in [0.29, 0.717) is 28.0 Å². The van der Waals surface area contributed by atoms with Gasteiger partial charge in [-0.25, -0.2) is 4.58 Å². The first-order valence-corrected chi connectivity index (χ1v) is 10.6. The number of hydrogen-bond donors (Lipinski definition) is 2. The molecule has 8 heteroatoms. The molecule has 1 aliphatic heterocycles. The lowest BCUT2D eigenvalue weighted by Gasteiger charge is -2.20. The molecule has 1 atom stereocenters. The van der Waals surface area contributed by atoms with Crippen LogP contribution < -0.4 is 10.5 Å². The van der Waals surface area contributed by atoms with Crippen LogP contribution in [0.5, 0.6) is 5.75 Å². The number of nitrogens with zero attached hydrogens (tertiary/aromatic N) is 2. The predicted molar refractivity (Wildman–Crippen MR) is 127 cm³/mol. The maximum atomic E-state index is 12.6. The van der Waals surface area contributed by atoms with Crippen molar-refractivity contribution in [1.82, 2.24) is 0 Å². The number of benzene rings is 2. The summed E-state index contributed by atoms with van der Waals surface area (Å²) in [5.41, 5.74) is 8.37. The minimum atomic E-state index is -0.799. The molecule has 0 saturated heterocycles. The van der Waals surface area contributed by atoms with Gasteiger partial charge in [0, 0.05) is 23.1 Å². The van der Waals surface area contributed by atoms with Crippen LogP contribution in [0.3, 0.4) is 0 Å². The van der Waals surface area contributed by atoms with E-state index in [-0.39, 0.29) is 12.3 Å². The molecule has 0 radical (unpaired) electrons. The van der Waals surface area contributed by atoms with Gasteiger partial charge in [-0.05, 0) is 51.1 Å². The smallest absolute Gasteiger partial charge is 0.309 e. The zero-order valence-electron chi connectivity index (χ0n) is 18.9. The molecule has 168 valence electrons. The van der Waals surface area contributed by atoms with E-state index in [9.17, 15) is 4.79 Å². The molecule has 3 N–H and O–H groups in total. The van der Waals surface area contributed by atoms with Gasteiger partial charge in [-0.1, -0.05) is 23.7 Å². The Morgan fingerprint density at radius 3 is 2.44 bits per heavy atom. The fourth-order valence-electron chi connectivity index (χ4n) is 3.49. The number of hydrogen-bond acceptors (Lipinski definition) is 5. The van der Waals surface area contributed by atoms with Crippen LogP contribution >= 0.6 is 11.6 Å². The van der Waals surface area contributed by atoms with Crippen molar-refractivity contribution in [3.8, 4) is 5.75 Å². The third-order valence-corrected chi connectivity index (χ3v) is 5.04. The number of benzodiazepines with no additional fused rings is 1. The second kappa shape index (κ2) is 9.12. The van der Waals surface area contributed by atoms with Crippen molar-refractivity contribution >= 4 is 40.6 Å². The summed E-state index contributed by atoms with van der Waals surface area (Å²) in [6.07, 6.45) is -0.0951. The molecule has 2 aromatic carbocycles. The van der Waals surface area contributed by atoms with E-state index in [2.05, 4.69) is 0 Å². The van der Waals surface area contributed by atoms with Gasteiger partial charge in [-0.2, -0.15) is 5.41 Å². The topological polar surface area (TPSA) is 101 Å². The standard InChI is InChI=1S/C24H27ClN4O3/c1-14(26)29-20-11-10-17(31-5)12-18(20)22(15-6-8-16(25)9-7-15)28-19(23(29)27)13-21(30)32-24(2,3)4/h6-12,19,26-27H,13H2,1-5H3/p+1/t19-/m0/s1. The monoisotopic (exact) mass is 455 g/mol. The van der Waals surface area contributed by atoms with Gasteiger partial charge in [0.25, 0.3) is 5.84 Å². The molecule has 3 rings (SSSR count). The van der Waals surface area contributed by atoms with Crippen LogP contribution in [0.2, 0.25) is 5.02 Å². The van der Waals surface area contributed by atoms with Crippen molar-refractivity contribution in [1.29, 1.82) is 5.41 Å². The molecule has 0 unspecified atom stereocenters. The number of aliphatic imine (C=N–C) groups is 1. The first kappa shape index (κ1) is 23.5. The average molecular weight is 456 g/mol. The van der Waals surface area contributed by atoms with Gasteiger partial charge < -0.3 is 15.2 Å². The zero-order chi connectivity index (χ0) is 23.6. The van der Waals surface area contributed by atoms with Crippen LogP contribution in [0, 0.1) is 5.41 Å². The summed E-state index contributed by atoms with van der Waals surface area (Å²) >= 11 is 6.09. The summed E-state index contributed by atoms with van der Waals surface area (Å²) in [7, 11) is 1.59. The van der Waals surface area contributed by atoms with E-state index in [1.165, 1.54) is 0 Å². The number of esters is 1. The first-order valence-electron chi connectivity index (χ1n) is 10.2. The van der Waals surface area contributed by atoms with Gasteiger partial charge in [0.15, 0.2) is 5.84 Å². The van der Waals surface area contributed by atoms with Crippen molar-refractivity contribution in [2.24, 2.45) is 10.7 Å². The molecule has 0 bridgehead atoms. The Balaban J connectivity index is 2.22. The van der Waals surface area contributed by atoms with Crippen molar-refractivity contribution in [2.75, 3.05) is 7.11 Å². The molecular formula is C24H28ClN4O3+. The van der Waals surface area contributed by atoms with Gasteiger partial charge in [0.1, 0.15) is 23.1 Å². The fourth-order valence-corrected chi connectivity index (χ4v) is 3.62. The Morgan fingerprint density at radius 2 is 1.88 bits per heavy atom. The third-order valence-electron chi connectivity index (χ3n) is 4.79. The number of amidine groups is 2. The maximum Gasteiger partial charge on any atom is 0.309 e. The Labute approximate surface area is 193 Å². The summed E-state index contributed by atoms with van der Waals surface area (Å²) in [5.74, 6) is 0.677. The Bertz CT molecular complexity index is 1110. The number of nitrogens with two attached hydrogens (primary N) is 1. The number of ether oxygens (including phenoxy) is 2. The lowest BCUT2D eigenvalue weighted by atomic mass is 10.00. The van der Waals surface area contributed by atoms with E-state index >= 15 is 0 Å². The van der Waals surface area contributed by atoms with Crippen LogP contribution in [0.4, 0.5) is 5.69 Å². The zero-order valence-corrected chi connectivity index (χ0v) is 19.7. The lowest BCUT2D eigenvalue weighted by Crippen LogP contribution is -2.36. The number of halogens is 1. The summed E-state index contributed by atoms with van der Waals surface area (Å²) in [4.78, 5) is 17.5. The van der Waals surface area contributed by atoms with Crippen molar-refractivity contribution in [2.45, 2.75) is 45.8 Å². The van der Waals surface area contributed by atoms with Gasteiger partial charge >= 0.3 is 5.97 Å². The number of rotatable bonds is 4. The Morgan fingerprint density at radius 1 is 1.22 bits per heavy atom. The molecule has 0 aromatic heterocycles. The molecule has 32 heavy (non-hydrogen) atoms. The number of methoxy groups -OCH3 is 1. The molecular weight excluding hydrogens is 428 g/mol. The summed E-state index contributed by atoms with van der Waals surface area (Å²) in [6.45, 7) is 7.12. The largest absolute Gasteiger partial charge is 0.497 e. The van der Waals surface area contributed by atoms with Crippen LogP contribution in [0.15, 0.2) is 47.5 Å². The fraction of sp³-hybridized carbons (Fsp3) is 0.333. The summed E-state index contributed by atoms with van der Waals surface area (Å²) in [5, 5.41) is 9.47. The normalized spacial score (nSPS) is 17.8. The Kier molecular flexibility index (Phi) is 6.69. The second-order valence-electron chi connectivity index (χ2n) is 8.54. The predicted octanol–water partition coefficient (Wildman–Crippen LogP) is 4.30. The van der Waals surface area contributed by atoms with E-state index in [1.807, 2.05) is 24.3 Å². The second-order valence-corrected chi connectivity index (χ2v) is 8.97. The number of fused-ring (bicyclic) bond motifs is 1. The number of carbonyl (C=O) groups is 1. The van der Waals surface area contributed by atoms with Gasteiger partial charge in [0.05, 0.1) is 19.2 Å². The summed E-state index contributed by atoms with van der Waals surface area (Å²) < 4.78 is 12.5. The van der Waals surface area contributed by atoms with Crippen LogP contribution in [0.1, 0.15) is 45.2 Å². The molecule has 0 fully saturated rings. The highest BCUT2D eigenvalue weighted by atomic mass is 35.5. The van der Waals surface area contributed by atoms with Crippen molar-refractivity contribution in [3.63, 3.8) is 0 Å². The number of nitrogens with one attached hydrogen (secondary N) is 1. The molecule has 0 aliphatic carbocycles. The minimum Gasteiger partial charge on any atom is -0.497 e. The average Bonchev–Trinajstić information content (AvgIpc) is 2.81. The molecule has 2 aromatic rings. The van der Waals surface area contributed by atoms with E-state index < -0.39 is 17.6 Å². The van der Waals surface area contributed by atoms with Gasteiger partial charge in [-0.15, -0.1) is 0 Å². The summed E-state index contributed by atoms with van der Waals surface area (Å²) in [6, 6.07) is 11.9. The minimum absolute atomic E-state index is 0.0891. The Hall–Kier alpha value is -3.19. The molecule has 0 amide bonds. The van der Waals surface area contributed by atoms with Crippen LogP contribution in [-0.4, -0.2) is 46.7 Å². The van der Waals surface area contributed by atoms with Crippen molar-refractivity contribution < 1.29 is 18.8 Å². The molecule has 0 saturated carbocycles.